The van der Waals surface area contributed by atoms with Gasteiger partial charge in [-0.25, -0.2) is 4.79 Å². The molecular weight excluding hydrogens is 294 g/mol. The van der Waals surface area contributed by atoms with Gasteiger partial charge < -0.3 is 19.5 Å². The Hall–Kier alpha value is -2.54. The summed E-state index contributed by atoms with van der Waals surface area (Å²) in [6.45, 7) is 0.151. The molecule has 3 rings (SSSR count). The number of ether oxygens (including phenoxy) is 3. The third-order valence-electron chi connectivity index (χ3n) is 2.93. The van der Waals surface area contributed by atoms with E-state index in [-0.39, 0.29) is 12.7 Å². The Bertz CT molecular complexity index is 709. The van der Waals surface area contributed by atoms with Crippen molar-refractivity contribution in [1.82, 2.24) is 0 Å². The van der Waals surface area contributed by atoms with Crippen molar-refractivity contribution in [2.24, 2.45) is 0 Å². The predicted octanol–water partition coefficient (Wildman–Crippen LogP) is 2.52. The molecular formula is C14H11NO5S. The van der Waals surface area contributed by atoms with E-state index < -0.39 is 5.97 Å². The maximum Gasteiger partial charge on any atom is 0.340 e. The van der Waals surface area contributed by atoms with Gasteiger partial charge in [-0.15, -0.1) is 11.3 Å². The highest BCUT2D eigenvalue weighted by molar-refractivity contribution is 7.14. The van der Waals surface area contributed by atoms with Gasteiger partial charge in [0.05, 0.1) is 12.7 Å². The average Bonchev–Trinajstić information content (AvgIpc) is 3.14. The number of hydrogen-bond donors (Lipinski definition) is 1. The van der Waals surface area contributed by atoms with Crippen LogP contribution in [0.5, 0.6) is 11.5 Å². The van der Waals surface area contributed by atoms with E-state index in [1.807, 2.05) is 0 Å². The molecule has 0 unspecified atom stereocenters. The van der Waals surface area contributed by atoms with Crippen LogP contribution in [0.25, 0.3) is 0 Å². The molecule has 0 atom stereocenters. The second kappa shape index (κ2) is 5.45. The molecule has 0 spiro atoms. The van der Waals surface area contributed by atoms with E-state index >= 15 is 0 Å². The number of carbonyl (C=O) groups excluding carboxylic acids is 2. The van der Waals surface area contributed by atoms with Gasteiger partial charge in [0.2, 0.25) is 6.79 Å². The molecule has 21 heavy (non-hydrogen) atoms. The quantitative estimate of drug-likeness (QED) is 0.882. The molecule has 1 aliphatic rings. The predicted molar refractivity (Wildman–Crippen MR) is 76.2 cm³/mol. The number of esters is 1. The van der Waals surface area contributed by atoms with Crippen molar-refractivity contribution in [3.05, 3.63) is 40.8 Å². The highest BCUT2D eigenvalue weighted by Crippen LogP contribution is 2.33. The number of hydrogen-bond acceptors (Lipinski definition) is 6. The van der Waals surface area contributed by atoms with Crippen molar-refractivity contribution in [2.45, 2.75) is 0 Å². The lowest BCUT2D eigenvalue weighted by molar-refractivity contribution is 0.0602. The van der Waals surface area contributed by atoms with Crippen molar-refractivity contribution >= 4 is 28.2 Å². The Kier molecular flexibility index (Phi) is 3.49. The van der Waals surface area contributed by atoms with Crippen LogP contribution in [0.1, 0.15) is 20.7 Å². The lowest BCUT2D eigenvalue weighted by Gasteiger charge is -2.06. The molecule has 1 aromatic carbocycles. The number of amides is 1. The SMILES string of the molecule is COC(=O)c1ccsc1NC(=O)c1ccc2c(c1)OCO2. The van der Waals surface area contributed by atoms with Crippen LogP contribution in [0.3, 0.4) is 0 Å². The number of thiophene rings is 1. The van der Waals surface area contributed by atoms with E-state index in [0.717, 1.165) is 0 Å². The normalized spacial score (nSPS) is 12.0. The van der Waals surface area contributed by atoms with Crippen LogP contribution in [-0.4, -0.2) is 25.8 Å². The van der Waals surface area contributed by atoms with Crippen LogP contribution >= 0.6 is 11.3 Å². The van der Waals surface area contributed by atoms with E-state index in [4.69, 9.17) is 9.47 Å². The summed E-state index contributed by atoms with van der Waals surface area (Å²) in [6.07, 6.45) is 0. The zero-order valence-electron chi connectivity index (χ0n) is 11.0. The number of nitrogens with one attached hydrogen (secondary N) is 1. The monoisotopic (exact) mass is 305 g/mol. The first-order valence-corrected chi connectivity index (χ1v) is 6.94. The summed E-state index contributed by atoms with van der Waals surface area (Å²) in [4.78, 5) is 23.8. The fourth-order valence-corrected chi connectivity index (χ4v) is 2.66. The summed E-state index contributed by atoms with van der Waals surface area (Å²) >= 11 is 1.25. The fraction of sp³-hybridized carbons (Fsp3) is 0.143. The number of rotatable bonds is 3. The highest BCUT2D eigenvalue weighted by atomic mass is 32.1. The van der Waals surface area contributed by atoms with E-state index in [1.165, 1.54) is 18.4 Å². The fourth-order valence-electron chi connectivity index (χ4n) is 1.89. The average molecular weight is 305 g/mol. The van der Waals surface area contributed by atoms with E-state index in [1.54, 1.807) is 29.6 Å². The maximum atomic E-state index is 12.2. The van der Waals surface area contributed by atoms with Gasteiger partial charge in [0.1, 0.15) is 5.00 Å². The standard InChI is InChI=1S/C14H11NO5S/c1-18-14(17)9-4-5-21-13(9)15-12(16)8-2-3-10-11(6-8)20-7-19-10/h2-6H,7H2,1H3,(H,15,16). The molecule has 0 saturated carbocycles. The van der Waals surface area contributed by atoms with Gasteiger partial charge in [-0.2, -0.15) is 0 Å². The Morgan fingerprint density at radius 3 is 2.86 bits per heavy atom. The molecule has 108 valence electrons. The van der Waals surface area contributed by atoms with Gasteiger partial charge in [0, 0.05) is 5.56 Å². The minimum absolute atomic E-state index is 0.151. The smallest absolute Gasteiger partial charge is 0.340 e. The number of benzene rings is 1. The number of fused-ring (bicyclic) bond motifs is 1. The summed E-state index contributed by atoms with van der Waals surface area (Å²) in [5.41, 5.74) is 0.750. The van der Waals surface area contributed by atoms with Crippen LogP contribution in [0.2, 0.25) is 0 Å². The van der Waals surface area contributed by atoms with E-state index in [0.29, 0.717) is 27.6 Å². The Labute approximate surface area is 124 Å². The lowest BCUT2D eigenvalue weighted by atomic mass is 10.2. The van der Waals surface area contributed by atoms with Crippen LogP contribution in [0.4, 0.5) is 5.00 Å². The zero-order chi connectivity index (χ0) is 14.8. The third kappa shape index (κ3) is 2.55. The first-order chi connectivity index (χ1) is 10.2. The molecule has 0 bridgehead atoms. The van der Waals surface area contributed by atoms with Crippen LogP contribution in [-0.2, 0) is 4.74 Å². The van der Waals surface area contributed by atoms with Crippen LogP contribution in [0, 0.1) is 0 Å². The van der Waals surface area contributed by atoms with Crippen molar-refractivity contribution in [2.75, 3.05) is 19.2 Å². The minimum atomic E-state index is -0.489. The van der Waals surface area contributed by atoms with Crippen molar-refractivity contribution in [3.63, 3.8) is 0 Å². The largest absolute Gasteiger partial charge is 0.465 e. The molecule has 0 aliphatic carbocycles. The van der Waals surface area contributed by atoms with Gasteiger partial charge in [0.25, 0.3) is 5.91 Å². The van der Waals surface area contributed by atoms with Crippen LogP contribution < -0.4 is 14.8 Å². The minimum Gasteiger partial charge on any atom is -0.465 e. The molecule has 1 aromatic heterocycles. The Morgan fingerprint density at radius 1 is 1.24 bits per heavy atom. The maximum absolute atomic E-state index is 12.2. The summed E-state index contributed by atoms with van der Waals surface area (Å²) in [6, 6.07) is 6.51. The molecule has 1 N–H and O–H groups in total. The van der Waals surface area contributed by atoms with E-state index in [9.17, 15) is 9.59 Å². The summed E-state index contributed by atoms with van der Waals surface area (Å²) in [5, 5.41) is 4.85. The number of anilines is 1. The van der Waals surface area contributed by atoms with Gasteiger partial charge in [0.15, 0.2) is 11.5 Å². The van der Waals surface area contributed by atoms with Crippen molar-refractivity contribution in [3.8, 4) is 11.5 Å². The molecule has 0 radical (unpaired) electrons. The molecule has 2 heterocycles. The van der Waals surface area contributed by atoms with Gasteiger partial charge in [-0.05, 0) is 29.6 Å². The Balaban J connectivity index is 1.81. The molecule has 0 saturated heterocycles. The molecule has 0 fully saturated rings. The van der Waals surface area contributed by atoms with Crippen molar-refractivity contribution < 1.29 is 23.8 Å². The molecule has 2 aromatic rings. The van der Waals surface area contributed by atoms with Gasteiger partial charge >= 0.3 is 5.97 Å². The highest BCUT2D eigenvalue weighted by Gasteiger charge is 2.19. The second-order valence-corrected chi connectivity index (χ2v) is 5.09. The molecule has 7 heteroatoms. The first-order valence-electron chi connectivity index (χ1n) is 6.06. The van der Waals surface area contributed by atoms with Gasteiger partial charge in [-0.1, -0.05) is 0 Å². The zero-order valence-corrected chi connectivity index (χ0v) is 11.9. The second-order valence-electron chi connectivity index (χ2n) is 4.18. The summed E-state index contributed by atoms with van der Waals surface area (Å²) < 4.78 is 15.1. The molecule has 1 aliphatic heterocycles. The number of carbonyl (C=O) groups is 2. The lowest BCUT2D eigenvalue weighted by Crippen LogP contribution is -2.13. The molecule has 1 amide bonds. The molecule has 6 nitrogen and oxygen atoms in total. The summed E-state index contributed by atoms with van der Waals surface area (Å²) in [5.74, 6) is 0.318. The van der Waals surface area contributed by atoms with Crippen molar-refractivity contribution in [1.29, 1.82) is 0 Å². The summed E-state index contributed by atoms with van der Waals surface area (Å²) in [7, 11) is 1.30. The topological polar surface area (TPSA) is 73.9 Å². The van der Waals surface area contributed by atoms with Gasteiger partial charge in [-0.3, -0.25) is 4.79 Å². The van der Waals surface area contributed by atoms with Crippen LogP contribution in [0.15, 0.2) is 29.6 Å². The van der Waals surface area contributed by atoms with E-state index in [2.05, 4.69) is 10.1 Å². The first kappa shape index (κ1) is 13.4. The number of methoxy groups -OCH3 is 1. The third-order valence-corrected chi connectivity index (χ3v) is 3.76. The Morgan fingerprint density at radius 2 is 2.05 bits per heavy atom.